The van der Waals surface area contributed by atoms with Gasteiger partial charge in [-0.3, -0.25) is 8.86 Å². The third-order valence-corrected chi connectivity index (χ3v) is 6.20. The van der Waals surface area contributed by atoms with Gasteiger partial charge in [-0.1, -0.05) is 60.2 Å². The van der Waals surface area contributed by atoms with E-state index in [9.17, 15) is 8.42 Å². The lowest BCUT2D eigenvalue weighted by Gasteiger charge is -2.07. The molecule has 0 aliphatic rings. The molecule has 1 heterocycles. The lowest BCUT2D eigenvalue weighted by atomic mass is 10.2. The Balaban J connectivity index is 1.36. The van der Waals surface area contributed by atoms with E-state index in [0.29, 0.717) is 25.5 Å². The minimum absolute atomic E-state index is 0.0405. The first kappa shape index (κ1) is 21.1. The van der Waals surface area contributed by atoms with Gasteiger partial charge in [0.25, 0.3) is 10.1 Å². The molecule has 3 aromatic carbocycles. The van der Waals surface area contributed by atoms with Gasteiger partial charge < -0.3 is 4.74 Å². The van der Waals surface area contributed by atoms with E-state index in [2.05, 4.69) is 17.2 Å². The predicted molar refractivity (Wildman–Crippen MR) is 120 cm³/mol. The fourth-order valence-electron chi connectivity index (χ4n) is 3.25. The molecular formula is C24H24N2O4S. The summed E-state index contributed by atoms with van der Waals surface area (Å²) in [6.45, 7) is 2.89. The molecule has 0 spiro atoms. The van der Waals surface area contributed by atoms with Crippen molar-refractivity contribution < 1.29 is 17.3 Å². The molecule has 4 aromatic rings. The van der Waals surface area contributed by atoms with Gasteiger partial charge >= 0.3 is 0 Å². The molecule has 7 heteroatoms. The second-order valence-corrected chi connectivity index (χ2v) is 8.87. The summed E-state index contributed by atoms with van der Waals surface area (Å²) < 4.78 is 37.4. The van der Waals surface area contributed by atoms with Crippen molar-refractivity contribution in [3.05, 3.63) is 90.0 Å². The van der Waals surface area contributed by atoms with Crippen molar-refractivity contribution >= 4 is 21.0 Å². The molecule has 0 atom stereocenters. The molecule has 0 fully saturated rings. The van der Waals surface area contributed by atoms with Crippen LogP contribution in [0.2, 0.25) is 0 Å². The maximum atomic E-state index is 12.2. The van der Waals surface area contributed by atoms with Crippen molar-refractivity contribution in [2.24, 2.45) is 0 Å². The Kier molecular flexibility index (Phi) is 6.34. The third-order valence-electron chi connectivity index (χ3n) is 4.87. The maximum Gasteiger partial charge on any atom is 0.296 e. The zero-order chi connectivity index (χ0) is 21.7. The van der Waals surface area contributed by atoms with Gasteiger partial charge in [0.1, 0.15) is 0 Å². The lowest BCUT2D eigenvalue weighted by Crippen LogP contribution is -2.10. The Labute approximate surface area is 182 Å². The van der Waals surface area contributed by atoms with Gasteiger partial charge in [0.2, 0.25) is 5.88 Å². The first-order chi connectivity index (χ1) is 15.0. The van der Waals surface area contributed by atoms with Crippen molar-refractivity contribution in [1.82, 2.24) is 9.78 Å². The van der Waals surface area contributed by atoms with Crippen LogP contribution >= 0.6 is 0 Å². The summed E-state index contributed by atoms with van der Waals surface area (Å²) in [7, 11) is -3.76. The molecule has 0 N–H and O–H groups in total. The highest BCUT2D eigenvalue weighted by molar-refractivity contribution is 7.86. The van der Waals surface area contributed by atoms with Gasteiger partial charge in [0.15, 0.2) is 0 Å². The van der Waals surface area contributed by atoms with E-state index in [0.717, 1.165) is 22.0 Å². The number of fused-ring (bicyclic) bond motifs is 1. The topological polar surface area (TPSA) is 70.4 Å². The highest BCUT2D eigenvalue weighted by Crippen LogP contribution is 2.25. The van der Waals surface area contributed by atoms with Gasteiger partial charge in [-0.2, -0.15) is 8.42 Å². The molecule has 1 aromatic heterocycles. The summed E-state index contributed by atoms with van der Waals surface area (Å²) in [4.78, 5) is 0.157. The van der Waals surface area contributed by atoms with E-state index in [1.807, 2.05) is 54.1 Å². The number of aryl methyl sites for hydroxylation is 1. The minimum atomic E-state index is -3.76. The largest absolute Gasteiger partial charge is 0.476 e. The summed E-state index contributed by atoms with van der Waals surface area (Å²) in [5.74, 6) is 0.535. The zero-order valence-corrected chi connectivity index (χ0v) is 18.1. The summed E-state index contributed by atoms with van der Waals surface area (Å²) in [6, 6.07) is 24.6. The Bertz CT molecular complexity index is 1250. The molecule has 4 rings (SSSR count). The van der Waals surface area contributed by atoms with Crippen molar-refractivity contribution in [3.63, 3.8) is 0 Å². The van der Waals surface area contributed by atoms with Crippen LogP contribution in [-0.2, 0) is 20.8 Å². The Morgan fingerprint density at radius 3 is 2.35 bits per heavy atom. The monoisotopic (exact) mass is 436 g/mol. The van der Waals surface area contributed by atoms with Gasteiger partial charge in [-0.05, 0) is 36.8 Å². The molecule has 0 aliphatic carbocycles. The summed E-state index contributed by atoms with van der Waals surface area (Å²) in [5, 5.41) is 5.55. The lowest BCUT2D eigenvalue weighted by molar-refractivity contribution is 0.245. The highest BCUT2D eigenvalue weighted by Gasteiger charge is 2.15. The van der Waals surface area contributed by atoms with Gasteiger partial charge in [0, 0.05) is 6.42 Å². The summed E-state index contributed by atoms with van der Waals surface area (Å²) >= 11 is 0. The van der Waals surface area contributed by atoms with Crippen molar-refractivity contribution in [1.29, 1.82) is 0 Å². The number of ether oxygens (including phenoxy) is 1. The van der Waals surface area contributed by atoms with Gasteiger partial charge in [0.05, 0.1) is 35.6 Å². The molecule has 0 amide bonds. The van der Waals surface area contributed by atoms with E-state index >= 15 is 0 Å². The second kappa shape index (κ2) is 9.32. The van der Waals surface area contributed by atoms with Crippen molar-refractivity contribution in [2.45, 2.75) is 24.8 Å². The van der Waals surface area contributed by atoms with Gasteiger partial charge in [-0.25, -0.2) is 0 Å². The fraction of sp³-hybridized carbons (Fsp3) is 0.208. The standard InChI is InChI=1S/C24H24N2O4S/c1-19-12-14-21(15-13-19)31(27,28)30-17-7-16-29-24-22-10-5-6-11-23(22)26(25-24)18-20-8-3-2-4-9-20/h2-6,8-15H,7,16-18H2,1H3. The quantitative estimate of drug-likeness (QED) is 0.284. The zero-order valence-electron chi connectivity index (χ0n) is 17.3. The number of para-hydroxylation sites is 1. The van der Waals surface area contributed by atoms with Crippen LogP contribution in [-0.4, -0.2) is 31.4 Å². The average molecular weight is 437 g/mol. The molecule has 0 aliphatic heterocycles. The molecular weight excluding hydrogens is 412 g/mol. The van der Waals surface area contributed by atoms with E-state index in [1.165, 1.54) is 0 Å². The number of aromatic nitrogens is 2. The maximum absolute atomic E-state index is 12.2. The van der Waals surface area contributed by atoms with E-state index in [4.69, 9.17) is 8.92 Å². The van der Waals surface area contributed by atoms with Crippen LogP contribution in [0, 0.1) is 6.92 Å². The number of rotatable bonds is 9. The number of benzene rings is 3. The van der Waals surface area contributed by atoms with Crippen LogP contribution in [0.25, 0.3) is 10.9 Å². The minimum Gasteiger partial charge on any atom is -0.476 e. The SMILES string of the molecule is Cc1ccc(S(=O)(=O)OCCCOc2nn(Cc3ccccc3)c3ccccc23)cc1. The molecule has 0 bridgehead atoms. The van der Waals surface area contributed by atoms with Crippen molar-refractivity contribution in [3.8, 4) is 5.88 Å². The summed E-state index contributed by atoms with van der Waals surface area (Å²) in [5.41, 5.74) is 3.13. The predicted octanol–water partition coefficient (Wildman–Crippen LogP) is 4.57. The Morgan fingerprint density at radius 2 is 1.58 bits per heavy atom. The first-order valence-corrected chi connectivity index (χ1v) is 11.5. The number of nitrogens with zero attached hydrogens (tertiary/aromatic N) is 2. The third kappa shape index (κ3) is 5.13. The Hall–Kier alpha value is -3.16. The summed E-state index contributed by atoms with van der Waals surface area (Å²) in [6.07, 6.45) is 0.422. The number of hydrogen-bond donors (Lipinski definition) is 0. The molecule has 0 saturated heterocycles. The molecule has 0 unspecified atom stereocenters. The van der Waals surface area contributed by atoms with Crippen LogP contribution < -0.4 is 4.74 Å². The van der Waals surface area contributed by atoms with E-state index in [1.54, 1.807) is 24.3 Å². The first-order valence-electron chi connectivity index (χ1n) is 10.1. The van der Waals surface area contributed by atoms with Crippen LogP contribution in [0.15, 0.2) is 83.8 Å². The Morgan fingerprint density at radius 1 is 0.871 bits per heavy atom. The average Bonchev–Trinajstić information content (AvgIpc) is 3.12. The fourth-order valence-corrected chi connectivity index (χ4v) is 4.19. The van der Waals surface area contributed by atoms with Crippen molar-refractivity contribution in [2.75, 3.05) is 13.2 Å². The van der Waals surface area contributed by atoms with E-state index in [-0.39, 0.29) is 11.5 Å². The molecule has 160 valence electrons. The van der Waals surface area contributed by atoms with Crippen LogP contribution in [0.3, 0.4) is 0 Å². The molecule has 0 radical (unpaired) electrons. The van der Waals surface area contributed by atoms with Crippen LogP contribution in [0.5, 0.6) is 5.88 Å². The highest BCUT2D eigenvalue weighted by atomic mass is 32.2. The normalized spacial score (nSPS) is 11.6. The number of hydrogen-bond acceptors (Lipinski definition) is 5. The second-order valence-electron chi connectivity index (χ2n) is 7.26. The van der Waals surface area contributed by atoms with E-state index < -0.39 is 10.1 Å². The van der Waals surface area contributed by atoms with Gasteiger partial charge in [-0.15, -0.1) is 5.10 Å². The van der Waals surface area contributed by atoms with Crippen LogP contribution in [0.1, 0.15) is 17.5 Å². The molecule has 6 nitrogen and oxygen atoms in total. The van der Waals surface area contributed by atoms with Crippen LogP contribution in [0.4, 0.5) is 0 Å². The molecule has 0 saturated carbocycles. The smallest absolute Gasteiger partial charge is 0.296 e. The molecule has 31 heavy (non-hydrogen) atoms.